The van der Waals surface area contributed by atoms with Crippen molar-refractivity contribution >= 4 is 21.6 Å². The standard InChI is InChI=1S/C13H14BrNO/c1-3-9-4-5-13(16-9)10-7-12(15)8(2)6-11(10)14/h4-7H,3,15H2,1-2H3. The highest BCUT2D eigenvalue weighted by molar-refractivity contribution is 9.10. The molecule has 0 saturated carbocycles. The van der Waals surface area contributed by atoms with Crippen LogP contribution in [0.15, 0.2) is 33.2 Å². The van der Waals surface area contributed by atoms with E-state index >= 15 is 0 Å². The lowest BCUT2D eigenvalue weighted by atomic mass is 10.1. The van der Waals surface area contributed by atoms with Crippen molar-refractivity contribution in [3.05, 3.63) is 40.1 Å². The molecule has 0 aliphatic carbocycles. The Morgan fingerprint density at radius 1 is 1.31 bits per heavy atom. The van der Waals surface area contributed by atoms with E-state index in [0.717, 1.165) is 39.2 Å². The van der Waals surface area contributed by atoms with Crippen LogP contribution in [0.25, 0.3) is 11.3 Å². The number of benzene rings is 1. The third kappa shape index (κ3) is 2.00. The normalized spacial score (nSPS) is 10.7. The molecule has 2 rings (SSSR count). The zero-order valence-corrected chi connectivity index (χ0v) is 11.0. The van der Waals surface area contributed by atoms with Crippen LogP contribution in [-0.2, 0) is 6.42 Å². The number of nitrogen functional groups attached to an aromatic ring is 1. The molecule has 1 aromatic heterocycles. The van der Waals surface area contributed by atoms with Gasteiger partial charge >= 0.3 is 0 Å². The number of nitrogens with two attached hydrogens (primary N) is 1. The van der Waals surface area contributed by atoms with Gasteiger partial charge in [0.25, 0.3) is 0 Å². The highest BCUT2D eigenvalue weighted by atomic mass is 79.9. The zero-order chi connectivity index (χ0) is 11.7. The fourth-order valence-corrected chi connectivity index (χ4v) is 2.24. The maximum atomic E-state index is 5.90. The van der Waals surface area contributed by atoms with Gasteiger partial charge in [0.2, 0.25) is 0 Å². The van der Waals surface area contributed by atoms with Crippen molar-refractivity contribution in [2.75, 3.05) is 5.73 Å². The maximum absolute atomic E-state index is 5.90. The number of hydrogen-bond acceptors (Lipinski definition) is 2. The van der Waals surface area contributed by atoms with Gasteiger partial charge in [-0.25, -0.2) is 0 Å². The summed E-state index contributed by atoms with van der Waals surface area (Å²) in [6.45, 7) is 4.06. The summed E-state index contributed by atoms with van der Waals surface area (Å²) in [5.74, 6) is 1.84. The lowest BCUT2D eigenvalue weighted by Crippen LogP contribution is -1.90. The summed E-state index contributed by atoms with van der Waals surface area (Å²) >= 11 is 3.53. The molecule has 0 amide bonds. The van der Waals surface area contributed by atoms with E-state index in [1.165, 1.54) is 0 Å². The van der Waals surface area contributed by atoms with Crippen molar-refractivity contribution in [3.8, 4) is 11.3 Å². The van der Waals surface area contributed by atoms with Gasteiger partial charge in [-0.15, -0.1) is 0 Å². The molecule has 0 bridgehead atoms. The van der Waals surface area contributed by atoms with Crippen LogP contribution in [0.2, 0.25) is 0 Å². The van der Waals surface area contributed by atoms with Crippen LogP contribution >= 0.6 is 15.9 Å². The molecular weight excluding hydrogens is 266 g/mol. The number of anilines is 1. The summed E-state index contributed by atoms with van der Waals surface area (Å²) in [6, 6.07) is 7.93. The smallest absolute Gasteiger partial charge is 0.135 e. The number of halogens is 1. The Morgan fingerprint density at radius 2 is 2.06 bits per heavy atom. The summed E-state index contributed by atoms with van der Waals surface area (Å²) in [6.07, 6.45) is 0.902. The van der Waals surface area contributed by atoms with Crippen LogP contribution < -0.4 is 5.73 Å². The first-order valence-corrected chi connectivity index (χ1v) is 6.05. The van der Waals surface area contributed by atoms with Crippen LogP contribution in [0.5, 0.6) is 0 Å². The molecule has 84 valence electrons. The van der Waals surface area contributed by atoms with Crippen molar-refractivity contribution in [1.82, 2.24) is 0 Å². The zero-order valence-electron chi connectivity index (χ0n) is 9.38. The fourth-order valence-electron chi connectivity index (χ4n) is 1.59. The second kappa shape index (κ2) is 4.34. The lowest BCUT2D eigenvalue weighted by Gasteiger charge is -2.06. The quantitative estimate of drug-likeness (QED) is 0.839. The molecule has 1 heterocycles. The highest BCUT2D eigenvalue weighted by Gasteiger charge is 2.09. The van der Waals surface area contributed by atoms with Crippen molar-refractivity contribution in [2.45, 2.75) is 20.3 Å². The van der Waals surface area contributed by atoms with Gasteiger partial charge in [0.1, 0.15) is 11.5 Å². The van der Waals surface area contributed by atoms with Gasteiger partial charge < -0.3 is 10.2 Å². The third-order valence-electron chi connectivity index (χ3n) is 2.63. The number of furan rings is 1. The Balaban J connectivity index is 2.51. The van der Waals surface area contributed by atoms with E-state index in [2.05, 4.69) is 22.9 Å². The first-order chi connectivity index (χ1) is 7.61. The first-order valence-electron chi connectivity index (χ1n) is 5.26. The molecule has 2 aromatic rings. The summed E-state index contributed by atoms with van der Waals surface area (Å²) in [7, 11) is 0. The molecule has 0 unspecified atom stereocenters. The second-order valence-electron chi connectivity index (χ2n) is 3.81. The molecule has 0 saturated heterocycles. The highest BCUT2D eigenvalue weighted by Crippen LogP contribution is 2.33. The van der Waals surface area contributed by atoms with Crippen LogP contribution in [0.3, 0.4) is 0 Å². The van der Waals surface area contributed by atoms with Crippen LogP contribution in [-0.4, -0.2) is 0 Å². The predicted octanol–water partition coefficient (Wildman–Crippen LogP) is 4.16. The summed E-state index contributed by atoms with van der Waals surface area (Å²) in [4.78, 5) is 0. The third-order valence-corrected chi connectivity index (χ3v) is 3.29. The van der Waals surface area contributed by atoms with E-state index in [1.807, 2.05) is 31.2 Å². The van der Waals surface area contributed by atoms with Gasteiger partial charge in [-0.1, -0.05) is 22.9 Å². The molecule has 2 N–H and O–H groups in total. The maximum Gasteiger partial charge on any atom is 0.135 e. The minimum atomic E-state index is 0.785. The number of rotatable bonds is 2. The molecule has 0 aliphatic heterocycles. The van der Waals surface area contributed by atoms with E-state index in [4.69, 9.17) is 10.2 Å². The van der Waals surface area contributed by atoms with E-state index in [0.29, 0.717) is 0 Å². The number of aryl methyl sites for hydroxylation is 2. The van der Waals surface area contributed by atoms with E-state index in [1.54, 1.807) is 0 Å². The largest absolute Gasteiger partial charge is 0.461 e. The molecule has 0 fully saturated rings. The molecule has 2 nitrogen and oxygen atoms in total. The van der Waals surface area contributed by atoms with Crippen LogP contribution in [0.4, 0.5) is 5.69 Å². The Hall–Kier alpha value is -1.22. The second-order valence-corrected chi connectivity index (χ2v) is 4.66. The minimum Gasteiger partial charge on any atom is -0.461 e. The first kappa shape index (κ1) is 11.3. The average Bonchev–Trinajstić information content (AvgIpc) is 2.71. The Bertz CT molecular complexity index is 517. The fraction of sp³-hybridized carbons (Fsp3) is 0.231. The summed E-state index contributed by atoms with van der Waals surface area (Å²) in [5, 5.41) is 0. The summed E-state index contributed by atoms with van der Waals surface area (Å²) in [5.41, 5.74) is 8.76. The molecule has 3 heteroatoms. The molecule has 0 spiro atoms. The molecule has 0 aliphatic rings. The van der Waals surface area contributed by atoms with Gasteiger partial charge in [-0.3, -0.25) is 0 Å². The van der Waals surface area contributed by atoms with Crippen LogP contribution in [0.1, 0.15) is 18.2 Å². The predicted molar refractivity (Wildman–Crippen MR) is 70.4 cm³/mol. The summed E-state index contributed by atoms with van der Waals surface area (Å²) < 4.78 is 6.72. The molecule has 0 atom stereocenters. The topological polar surface area (TPSA) is 39.2 Å². The van der Waals surface area contributed by atoms with Gasteiger partial charge in [-0.05, 0) is 36.8 Å². The van der Waals surface area contributed by atoms with Crippen molar-refractivity contribution in [2.24, 2.45) is 0 Å². The molecule has 0 radical (unpaired) electrons. The van der Waals surface area contributed by atoms with E-state index < -0.39 is 0 Å². The lowest BCUT2D eigenvalue weighted by molar-refractivity contribution is 0.529. The van der Waals surface area contributed by atoms with Crippen LogP contribution in [0, 0.1) is 6.92 Å². The van der Waals surface area contributed by atoms with Crippen molar-refractivity contribution in [1.29, 1.82) is 0 Å². The minimum absolute atomic E-state index is 0.785. The van der Waals surface area contributed by atoms with Gasteiger partial charge in [0, 0.05) is 22.1 Å². The molecule has 1 aromatic carbocycles. The Morgan fingerprint density at radius 3 is 2.69 bits per heavy atom. The SMILES string of the molecule is CCc1ccc(-c2cc(N)c(C)cc2Br)o1. The Kier molecular flexibility index (Phi) is 3.06. The van der Waals surface area contributed by atoms with E-state index in [9.17, 15) is 0 Å². The van der Waals surface area contributed by atoms with Gasteiger partial charge in [0.15, 0.2) is 0 Å². The van der Waals surface area contributed by atoms with Gasteiger partial charge in [0.05, 0.1) is 0 Å². The van der Waals surface area contributed by atoms with Gasteiger partial charge in [-0.2, -0.15) is 0 Å². The van der Waals surface area contributed by atoms with Crippen molar-refractivity contribution in [3.63, 3.8) is 0 Å². The molecular formula is C13H14BrNO. The number of hydrogen-bond donors (Lipinski definition) is 1. The Labute approximate surface area is 104 Å². The van der Waals surface area contributed by atoms with E-state index in [-0.39, 0.29) is 0 Å². The van der Waals surface area contributed by atoms with Crippen molar-refractivity contribution < 1.29 is 4.42 Å². The monoisotopic (exact) mass is 279 g/mol. The molecule has 16 heavy (non-hydrogen) atoms. The average molecular weight is 280 g/mol.